The van der Waals surface area contributed by atoms with E-state index in [0.717, 1.165) is 24.0 Å². The Labute approximate surface area is 366 Å². The standard InChI is InChI=1S/C61H49F/c1-41-15-13-14-22-55(41)56-31-23-44(35-42(56)2)37-50(54-33-27-48(36-43(54)3)46-16-7-4-8-17-46)38-45-24-32-57-58-40-49(47-25-29-53(62)30-26-47)28-34-59(58)61(60(57)39-45,51-18-9-5-10-19-51)52-20-11-6-12-21-52/h4-36,39-40,50H,37-38H2,1-3H3/t50-/m1/s1. The highest BCUT2D eigenvalue weighted by Crippen LogP contribution is 2.57. The molecule has 0 saturated heterocycles. The number of fused-ring (bicyclic) bond motifs is 3. The summed E-state index contributed by atoms with van der Waals surface area (Å²) >= 11 is 0. The van der Waals surface area contributed by atoms with Crippen molar-refractivity contribution in [1.29, 1.82) is 0 Å². The number of benzene rings is 9. The van der Waals surface area contributed by atoms with Gasteiger partial charge in [0.25, 0.3) is 0 Å². The zero-order valence-corrected chi connectivity index (χ0v) is 35.6. The van der Waals surface area contributed by atoms with Crippen molar-refractivity contribution in [3.05, 3.63) is 274 Å². The Morgan fingerprint density at radius 2 is 0.903 bits per heavy atom. The van der Waals surface area contributed by atoms with E-state index in [1.165, 1.54) is 89.0 Å². The van der Waals surface area contributed by atoms with Crippen molar-refractivity contribution in [3.63, 3.8) is 0 Å². The zero-order valence-electron chi connectivity index (χ0n) is 35.6. The molecule has 0 saturated carbocycles. The smallest absolute Gasteiger partial charge is 0.123 e. The van der Waals surface area contributed by atoms with Crippen molar-refractivity contribution < 1.29 is 4.39 Å². The predicted molar refractivity (Wildman–Crippen MR) is 257 cm³/mol. The third kappa shape index (κ3) is 7.08. The van der Waals surface area contributed by atoms with Crippen molar-refractivity contribution in [2.75, 3.05) is 0 Å². The van der Waals surface area contributed by atoms with Crippen LogP contribution in [0.3, 0.4) is 0 Å². The summed E-state index contributed by atoms with van der Waals surface area (Å²) < 4.78 is 14.1. The van der Waals surface area contributed by atoms with Gasteiger partial charge in [0.15, 0.2) is 0 Å². The van der Waals surface area contributed by atoms with Gasteiger partial charge in [-0.25, -0.2) is 4.39 Å². The number of rotatable bonds is 10. The van der Waals surface area contributed by atoms with Crippen LogP contribution in [0.25, 0.3) is 44.5 Å². The Bertz CT molecular complexity index is 2990. The molecule has 300 valence electrons. The number of aryl methyl sites for hydroxylation is 3. The maximum absolute atomic E-state index is 14.1. The van der Waals surface area contributed by atoms with Gasteiger partial charge >= 0.3 is 0 Å². The topological polar surface area (TPSA) is 0 Å². The molecule has 1 atom stereocenters. The molecule has 0 unspecified atom stereocenters. The highest BCUT2D eigenvalue weighted by atomic mass is 19.1. The summed E-state index contributed by atoms with van der Waals surface area (Å²) in [7, 11) is 0. The van der Waals surface area contributed by atoms with Crippen LogP contribution >= 0.6 is 0 Å². The van der Waals surface area contributed by atoms with Crippen LogP contribution in [0.1, 0.15) is 61.6 Å². The molecule has 1 aliphatic carbocycles. The van der Waals surface area contributed by atoms with E-state index >= 15 is 0 Å². The molecule has 9 aromatic rings. The monoisotopic (exact) mass is 800 g/mol. The largest absolute Gasteiger partial charge is 0.207 e. The number of halogens is 1. The fraction of sp³-hybridized carbons (Fsp3) is 0.115. The van der Waals surface area contributed by atoms with Crippen molar-refractivity contribution in [1.82, 2.24) is 0 Å². The van der Waals surface area contributed by atoms with E-state index in [9.17, 15) is 4.39 Å². The lowest BCUT2D eigenvalue weighted by Gasteiger charge is -2.34. The number of hydrogen-bond donors (Lipinski definition) is 0. The third-order valence-corrected chi connectivity index (χ3v) is 13.3. The SMILES string of the molecule is Cc1ccccc1-c1ccc(C[C@H](Cc2ccc3c(c2)C(c2ccccc2)(c2ccccc2)c2ccc(-c4ccc(F)cc4)cc2-3)c2ccc(-c3ccccc3)cc2C)cc1C. The van der Waals surface area contributed by atoms with Gasteiger partial charge in [0, 0.05) is 0 Å². The molecule has 9 aromatic carbocycles. The van der Waals surface area contributed by atoms with Gasteiger partial charge in [-0.2, -0.15) is 0 Å². The second-order valence-electron chi connectivity index (χ2n) is 17.1. The minimum absolute atomic E-state index is 0.227. The second kappa shape index (κ2) is 16.4. The average molecular weight is 801 g/mol. The Morgan fingerprint density at radius 3 is 1.55 bits per heavy atom. The first kappa shape index (κ1) is 39.1. The van der Waals surface area contributed by atoms with Gasteiger partial charge in [-0.05, 0) is 158 Å². The molecule has 0 nitrogen and oxygen atoms in total. The first-order valence-corrected chi connectivity index (χ1v) is 21.8. The first-order chi connectivity index (χ1) is 30.4. The van der Waals surface area contributed by atoms with Gasteiger partial charge < -0.3 is 0 Å². The molecule has 10 rings (SSSR count). The van der Waals surface area contributed by atoms with Gasteiger partial charge in [-0.3, -0.25) is 0 Å². The van der Waals surface area contributed by atoms with E-state index in [0.29, 0.717) is 0 Å². The Balaban J connectivity index is 1.11. The summed E-state index contributed by atoms with van der Waals surface area (Å²) in [6.45, 7) is 6.74. The zero-order chi connectivity index (χ0) is 42.2. The van der Waals surface area contributed by atoms with Gasteiger partial charge in [-0.15, -0.1) is 0 Å². The average Bonchev–Trinajstić information content (AvgIpc) is 3.60. The van der Waals surface area contributed by atoms with Crippen LogP contribution in [0.2, 0.25) is 0 Å². The maximum Gasteiger partial charge on any atom is 0.123 e. The van der Waals surface area contributed by atoms with Crippen molar-refractivity contribution in [3.8, 4) is 44.5 Å². The molecule has 1 heteroatoms. The summed E-state index contributed by atoms with van der Waals surface area (Å²) in [6, 6.07) is 76.5. The quantitative estimate of drug-likeness (QED) is 0.129. The second-order valence-corrected chi connectivity index (χ2v) is 17.1. The van der Waals surface area contributed by atoms with Gasteiger partial charge in [0.2, 0.25) is 0 Å². The molecule has 0 aliphatic heterocycles. The van der Waals surface area contributed by atoms with Crippen LogP contribution in [-0.2, 0) is 18.3 Å². The number of hydrogen-bond acceptors (Lipinski definition) is 0. The highest BCUT2D eigenvalue weighted by Gasteiger charge is 2.46. The molecular formula is C61H49F. The van der Waals surface area contributed by atoms with Crippen LogP contribution in [0.15, 0.2) is 212 Å². The van der Waals surface area contributed by atoms with Gasteiger partial charge in [0.05, 0.1) is 5.41 Å². The molecule has 0 amide bonds. The lowest BCUT2D eigenvalue weighted by molar-refractivity contribution is 0.628. The lowest BCUT2D eigenvalue weighted by Crippen LogP contribution is -2.28. The van der Waals surface area contributed by atoms with Crippen molar-refractivity contribution in [2.45, 2.75) is 44.9 Å². The summed E-state index contributed by atoms with van der Waals surface area (Å²) in [5.74, 6) is 0.00769. The van der Waals surface area contributed by atoms with Crippen LogP contribution in [0.4, 0.5) is 4.39 Å². The Kier molecular flexibility index (Phi) is 10.3. The molecular weight excluding hydrogens is 752 g/mol. The van der Waals surface area contributed by atoms with E-state index in [1.54, 1.807) is 12.1 Å². The predicted octanol–water partition coefficient (Wildman–Crippen LogP) is 15.7. The maximum atomic E-state index is 14.1. The molecule has 0 aromatic heterocycles. The summed E-state index contributed by atoms with van der Waals surface area (Å²) in [6.07, 6.45) is 1.80. The van der Waals surface area contributed by atoms with Gasteiger partial charge in [-0.1, -0.05) is 194 Å². The fourth-order valence-electron chi connectivity index (χ4n) is 10.3. The third-order valence-electron chi connectivity index (χ3n) is 13.3. The molecule has 62 heavy (non-hydrogen) atoms. The molecule has 0 spiro atoms. The molecule has 0 N–H and O–H groups in total. The van der Waals surface area contributed by atoms with Crippen LogP contribution < -0.4 is 0 Å². The molecule has 1 aliphatic rings. The van der Waals surface area contributed by atoms with Gasteiger partial charge in [0.1, 0.15) is 5.82 Å². The van der Waals surface area contributed by atoms with E-state index in [4.69, 9.17) is 0 Å². The molecule has 0 radical (unpaired) electrons. The van der Waals surface area contributed by atoms with Crippen LogP contribution in [0.5, 0.6) is 0 Å². The Morgan fingerprint density at radius 1 is 0.371 bits per heavy atom. The minimum atomic E-state index is -0.532. The van der Waals surface area contributed by atoms with Crippen molar-refractivity contribution >= 4 is 0 Å². The van der Waals surface area contributed by atoms with E-state index in [-0.39, 0.29) is 11.7 Å². The Hall–Kier alpha value is -7.09. The van der Waals surface area contributed by atoms with E-state index in [1.807, 2.05) is 12.1 Å². The van der Waals surface area contributed by atoms with E-state index < -0.39 is 5.41 Å². The van der Waals surface area contributed by atoms with Crippen LogP contribution in [-0.4, -0.2) is 0 Å². The van der Waals surface area contributed by atoms with Crippen LogP contribution in [0, 0.1) is 26.6 Å². The van der Waals surface area contributed by atoms with Crippen molar-refractivity contribution in [2.24, 2.45) is 0 Å². The summed E-state index contributed by atoms with van der Waals surface area (Å²) in [4.78, 5) is 0. The molecule has 0 heterocycles. The van der Waals surface area contributed by atoms with E-state index in [2.05, 4.69) is 209 Å². The molecule has 0 bridgehead atoms. The normalized spacial score (nSPS) is 13.0. The summed E-state index contributed by atoms with van der Waals surface area (Å²) in [5, 5.41) is 0. The summed E-state index contributed by atoms with van der Waals surface area (Å²) in [5.41, 5.74) is 22.1. The fourth-order valence-corrected chi connectivity index (χ4v) is 10.3. The first-order valence-electron chi connectivity index (χ1n) is 21.8. The molecule has 0 fully saturated rings. The highest BCUT2D eigenvalue weighted by molar-refractivity contribution is 5.89. The minimum Gasteiger partial charge on any atom is -0.207 e. The lowest BCUT2D eigenvalue weighted by atomic mass is 9.67.